The number of hydrogen-bond acceptors (Lipinski definition) is 4. The molecule has 33 heavy (non-hydrogen) atoms. The Balaban J connectivity index is 2.37. The van der Waals surface area contributed by atoms with Crippen molar-refractivity contribution in [2.75, 3.05) is 23.7 Å². The number of benzene rings is 2. The number of anilines is 1. The van der Waals surface area contributed by atoms with E-state index in [-0.39, 0.29) is 18.1 Å². The lowest BCUT2D eigenvalue weighted by Gasteiger charge is -2.31. The van der Waals surface area contributed by atoms with Gasteiger partial charge in [-0.3, -0.25) is 13.9 Å². The Hall–Kier alpha value is -2.65. The van der Waals surface area contributed by atoms with E-state index in [0.717, 1.165) is 25.2 Å². The molecule has 0 bridgehead atoms. The number of nitrogens with zero attached hydrogens (tertiary/aromatic N) is 2. The van der Waals surface area contributed by atoms with Gasteiger partial charge in [0.1, 0.15) is 18.4 Å². The summed E-state index contributed by atoms with van der Waals surface area (Å²) in [6, 6.07) is 11.3. The Morgan fingerprint density at radius 1 is 1.12 bits per heavy atom. The maximum Gasteiger partial charge on any atom is 0.244 e. The summed E-state index contributed by atoms with van der Waals surface area (Å²) < 4.78 is 39.9. The highest BCUT2D eigenvalue weighted by atomic mass is 35.5. The van der Waals surface area contributed by atoms with E-state index in [1.807, 2.05) is 6.92 Å². The zero-order valence-corrected chi connectivity index (χ0v) is 20.5. The zero-order valence-electron chi connectivity index (χ0n) is 18.9. The largest absolute Gasteiger partial charge is 0.354 e. The Morgan fingerprint density at radius 2 is 1.76 bits per heavy atom. The van der Waals surface area contributed by atoms with Crippen LogP contribution in [0.2, 0.25) is 5.02 Å². The Labute approximate surface area is 199 Å². The van der Waals surface area contributed by atoms with E-state index in [9.17, 15) is 22.4 Å². The first kappa shape index (κ1) is 26.6. The summed E-state index contributed by atoms with van der Waals surface area (Å²) in [5.41, 5.74) is 0.351. The van der Waals surface area contributed by atoms with Crippen LogP contribution in [0.4, 0.5) is 10.1 Å². The Kier molecular flexibility index (Phi) is 9.67. The van der Waals surface area contributed by atoms with Crippen molar-refractivity contribution in [3.05, 3.63) is 64.9 Å². The Bertz CT molecular complexity index is 1080. The lowest BCUT2D eigenvalue weighted by Crippen LogP contribution is -2.51. The molecule has 180 valence electrons. The molecule has 0 aliphatic heterocycles. The van der Waals surface area contributed by atoms with E-state index in [0.29, 0.717) is 21.4 Å². The molecule has 0 aliphatic rings. The highest BCUT2D eigenvalue weighted by Gasteiger charge is 2.31. The van der Waals surface area contributed by atoms with Gasteiger partial charge in [-0.25, -0.2) is 12.8 Å². The van der Waals surface area contributed by atoms with Crippen LogP contribution in [0, 0.1) is 5.82 Å². The number of unbranched alkanes of at least 4 members (excludes halogenated alkanes) is 1. The van der Waals surface area contributed by atoms with Gasteiger partial charge in [-0.05, 0) is 37.1 Å². The van der Waals surface area contributed by atoms with Gasteiger partial charge in [0.05, 0.1) is 11.9 Å². The molecule has 1 N–H and O–H groups in total. The van der Waals surface area contributed by atoms with E-state index in [4.69, 9.17) is 11.6 Å². The molecule has 7 nitrogen and oxygen atoms in total. The minimum atomic E-state index is -3.99. The van der Waals surface area contributed by atoms with Crippen molar-refractivity contribution >= 4 is 39.1 Å². The summed E-state index contributed by atoms with van der Waals surface area (Å²) >= 11 is 6.26. The van der Waals surface area contributed by atoms with Gasteiger partial charge < -0.3 is 10.2 Å². The van der Waals surface area contributed by atoms with Crippen LogP contribution in [0.25, 0.3) is 0 Å². The summed E-state index contributed by atoms with van der Waals surface area (Å²) in [6.07, 6.45) is 2.57. The molecule has 0 spiro atoms. The lowest BCUT2D eigenvalue weighted by molar-refractivity contribution is -0.139. The number of sulfonamides is 1. The number of carbonyl (C=O) groups is 2. The smallest absolute Gasteiger partial charge is 0.244 e. The molecule has 2 rings (SSSR count). The van der Waals surface area contributed by atoms with Crippen LogP contribution < -0.4 is 9.62 Å². The molecular formula is C23H29ClFN3O4S. The zero-order chi connectivity index (χ0) is 24.6. The normalized spacial score (nSPS) is 12.2. The maximum absolute atomic E-state index is 14.4. The van der Waals surface area contributed by atoms with Crippen molar-refractivity contribution in [2.24, 2.45) is 0 Å². The Morgan fingerprint density at radius 3 is 2.36 bits per heavy atom. The highest BCUT2D eigenvalue weighted by Crippen LogP contribution is 2.23. The first-order valence-corrected chi connectivity index (χ1v) is 12.8. The van der Waals surface area contributed by atoms with Crippen LogP contribution in [0.3, 0.4) is 0 Å². The van der Waals surface area contributed by atoms with Crippen molar-refractivity contribution in [3.63, 3.8) is 0 Å². The number of rotatable bonds is 11. The maximum atomic E-state index is 14.4. The number of nitrogens with one attached hydrogen (secondary N) is 1. The van der Waals surface area contributed by atoms with E-state index in [1.165, 1.54) is 23.1 Å². The van der Waals surface area contributed by atoms with Crippen LogP contribution in [0.1, 0.15) is 32.3 Å². The van der Waals surface area contributed by atoms with Crippen molar-refractivity contribution < 1.29 is 22.4 Å². The van der Waals surface area contributed by atoms with E-state index in [1.54, 1.807) is 31.2 Å². The summed E-state index contributed by atoms with van der Waals surface area (Å²) in [4.78, 5) is 27.3. The SMILES string of the molecule is CCCCNC(=O)[C@@H](C)N(Cc1ccccc1Cl)C(=O)CN(c1ccccc1F)S(C)(=O)=O. The number of amides is 2. The number of para-hydroxylation sites is 1. The minimum Gasteiger partial charge on any atom is -0.354 e. The lowest BCUT2D eigenvalue weighted by atomic mass is 10.1. The van der Waals surface area contributed by atoms with Crippen LogP contribution in [0.5, 0.6) is 0 Å². The van der Waals surface area contributed by atoms with Gasteiger partial charge >= 0.3 is 0 Å². The molecule has 0 radical (unpaired) electrons. The van der Waals surface area contributed by atoms with Crippen LogP contribution in [-0.2, 0) is 26.2 Å². The summed E-state index contributed by atoms with van der Waals surface area (Å²) in [6.45, 7) is 3.32. The number of carbonyl (C=O) groups excluding carboxylic acids is 2. The molecule has 2 aromatic carbocycles. The van der Waals surface area contributed by atoms with Gasteiger partial charge in [0, 0.05) is 18.1 Å². The second-order valence-corrected chi connectivity index (χ2v) is 9.97. The summed E-state index contributed by atoms with van der Waals surface area (Å²) in [7, 11) is -3.99. The first-order chi connectivity index (χ1) is 15.6. The van der Waals surface area contributed by atoms with E-state index < -0.39 is 34.3 Å². The van der Waals surface area contributed by atoms with Gasteiger partial charge in [0.15, 0.2) is 0 Å². The predicted molar refractivity (Wildman–Crippen MR) is 128 cm³/mol. The molecule has 0 fully saturated rings. The molecule has 10 heteroatoms. The second kappa shape index (κ2) is 12.0. The van der Waals surface area contributed by atoms with Gasteiger partial charge in [-0.1, -0.05) is 55.3 Å². The van der Waals surface area contributed by atoms with Gasteiger partial charge in [0.25, 0.3) is 0 Å². The fourth-order valence-electron chi connectivity index (χ4n) is 3.18. The highest BCUT2D eigenvalue weighted by molar-refractivity contribution is 7.92. The molecule has 2 aromatic rings. The quantitative estimate of drug-likeness (QED) is 0.481. The average Bonchev–Trinajstić information content (AvgIpc) is 2.76. The van der Waals surface area contributed by atoms with Crippen molar-refractivity contribution in [2.45, 2.75) is 39.3 Å². The van der Waals surface area contributed by atoms with Gasteiger partial charge in [0.2, 0.25) is 21.8 Å². The van der Waals surface area contributed by atoms with E-state index in [2.05, 4.69) is 5.32 Å². The molecule has 0 saturated heterocycles. The third kappa shape index (κ3) is 7.43. The van der Waals surface area contributed by atoms with Crippen molar-refractivity contribution in [1.29, 1.82) is 0 Å². The average molecular weight is 498 g/mol. The minimum absolute atomic E-state index is 0.0181. The van der Waals surface area contributed by atoms with Crippen LogP contribution >= 0.6 is 11.6 Å². The molecule has 1 atom stereocenters. The van der Waals surface area contributed by atoms with E-state index >= 15 is 0 Å². The second-order valence-electron chi connectivity index (χ2n) is 7.65. The molecule has 0 unspecified atom stereocenters. The van der Waals surface area contributed by atoms with Crippen molar-refractivity contribution in [3.8, 4) is 0 Å². The van der Waals surface area contributed by atoms with Crippen LogP contribution in [-0.4, -0.2) is 50.5 Å². The predicted octanol–water partition coefficient (Wildman–Crippen LogP) is 3.58. The third-order valence-corrected chi connectivity index (χ3v) is 6.59. The first-order valence-electron chi connectivity index (χ1n) is 10.6. The topological polar surface area (TPSA) is 86.8 Å². The standard InChI is InChI=1S/C23H29ClFN3O4S/c1-4-5-14-26-23(30)17(2)27(15-18-10-6-7-11-19(18)24)22(29)16-28(33(3,31)32)21-13-9-8-12-20(21)25/h6-13,17H,4-5,14-16H2,1-3H3,(H,26,30)/t17-/m1/s1. The molecule has 0 heterocycles. The van der Waals surface area contributed by atoms with Crippen LogP contribution in [0.15, 0.2) is 48.5 Å². The van der Waals surface area contributed by atoms with Gasteiger partial charge in [-0.2, -0.15) is 0 Å². The number of halogens is 2. The monoisotopic (exact) mass is 497 g/mol. The summed E-state index contributed by atoms with van der Waals surface area (Å²) in [5, 5.41) is 3.19. The fraction of sp³-hybridized carbons (Fsp3) is 0.391. The number of hydrogen-bond donors (Lipinski definition) is 1. The van der Waals surface area contributed by atoms with Crippen molar-refractivity contribution in [1.82, 2.24) is 10.2 Å². The summed E-state index contributed by atoms with van der Waals surface area (Å²) in [5.74, 6) is -1.82. The molecule has 2 amide bonds. The molecule has 0 saturated carbocycles. The molecule has 0 aliphatic carbocycles. The molecular weight excluding hydrogens is 469 g/mol. The van der Waals surface area contributed by atoms with Gasteiger partial charge in [-0.15, -0.1) is 0 Å². The fourth-order valence-corrected chi connectivity index (χ4v) is 4.22. The third-order valence-electron chi connectivity index (χ3n) is 5.10. The molecule has 0 aromatic heterocycles.